The third-order valence-electron chi connectivity index (χ3n) is 3.33. The molecule has 0 saturated carbocycles. The van der Waals surface area contributed by atoms with Gasteiger partial charge in [0.1, 0.15) is 0 Å². The highest BCUT2D eigenvalue weighted by Gasteiger charge is 2.30. The maximum Gasteiger partial charge on any atom is 0.416 e. The van der Waals surface area contributed by atoms with Crippen molar-refractivity contribution < 1.29 is 18.0 Å². The molecule has 0 spiro atoms. The molecule has 1 amide bonds. The first kappa shape index (κ1) is 18.5. The van der Waals surface area contributed by atoms with Gasteiger partial charge in [-0.1, -0.05) is 23.9 Å². The summed E-state index contributed by atoms with van der Waals surface area (Å²) in [6.07, 6.45) is -4.46. The van der Waals surface area contributed by atoms with Crippen LogP contribution in [0.4, 0.5) is 18.9 Å². The Hall–Kier alpha value is -2.33. The number of carbonyl (C=O) groups is 1. The molecule has 0 unspecified atom stereocenters. The number of benzene rings is 1. The molecule has 3 aromatic rings. The van der Waals surface area contributed by atoms with Gasteiger partial charge in [-0.3, -0.25) is 9.89 Å². The Morgan fingerprint density at radius 2 is 2.12 bits per heavy atom. The minimum atomic E-state index is -4.46. The molecule has 136 valence electrons. The molecule has 26 heavy (non-hydrogen) atoms. The van der Waals surface area contributed by atoms with Crippen LogP contribution in [-0.2, 0) is 11.0 Å². The van der Waals surface area contributed by atoms with E-state index >= 15 is 0 Å². The van der Waals surface area contributed by atoms with Crippen molar-refractivity contribution in [3.05, 3.63) is 47.3 Å². The first-order chi connectivity index (χ1) is 12.3. The highest BCUT2D eigenvalue weighted by Crippen LogP contribution is 2.31. The minimum absolute atomic E-state index is 0.0894. The number of aromatic amines is 1. The predicted molar refractivity (Wildman–Crippen MR) is 95.1 cm³/mol. The van der Waals surface area contributed by atoms with Crippen molar-refractivity contribution in [1.29, 1.82) is 0 Å². The van der Waals surface area contributed by atoms with Crippen molar-refractivity contribution in [2.45, 2.75) is 23.5 Å². The van der Waals surface area contributed by atoms with Crippen LogP contribution in [0.3, 0.4) is 0 Å². The number of anilines is 1. The van der Waals surface area contributed by atoms with Gasteiger partial charge in [-0.05, 0) is 36.6 Å². The molecule has 0 saturated heterocycles. The summed E-state index contributed by atoms with van der Waals surface area (Å²) in [5, 5.41) is 11.1. The van der Waals surface area contributed by atoms with E-state index in [9.17, 15) is 18.0 Å². The van der Waals surface area contributed by atoms with E-state index in [0.717, 1.165) is 28.8 Å². The van der Waals surface area contributed by atoms with Gasteiger partial charge in [0.05, 0.1) is 15.7 Å². The van der Waals surface area contributed by atoms with Gasteiger partial charge in [0, 0.05) is 5.69 Å². The van der Waals surface area contributed by atoms with Crippen LogP contribution in [0, 0.1) is 0 Å². The third kappa shape index (κ3) is 4.44. The number of rotatable bonds is 5. The third-order valence-corrected chi connectivity index (χ3v) is 5.17. The van der Waals surface area contributed by atoms with Gasteiger partial charge in [-0.15, -0.1) is 16.4 Å². The Kier molecular flexibility index (Phi) is 5.33. The van der Waals surface area contributed by atoms with Crippen LogP contribution in [0.15, 0.2) is 46.9 Å². The number of nitrogens with zero attached hydrogens (tertiary/aromatic N) is 2. The number of amides is 1. The maximum atomic E-state index is 12.7. The quantitative estimate of drug-likeness (QED) is 0.613. The number of thiophene rings is 1. The highest BCUT2D eigenvalue weighted by molar-refractivity contribution is 8.00. The van der Waals surface area contributed by atoms with E-state index in [-0.39, 0.29) is 5.69 Å². The smallest absolute Gasteiger partial charge is 0.325 e. The normalized spacial score (nSPS) is 12.8. The molecule has 2 aromatic heterocycles. The summed E-state index contributed by atoms with van der Waals surface area (Å²) in [6.45, 7) is 1.63. The van der Waals surface area contributed by atoms with Crippen molar-refractivity contribution in [2.75, 3.05) is 5.32 Å². The molecule has 0 aliphatic rings. The van der Waals surface area contributed by atoms with Crippen molar-refractivity contribution in [2.24, 2.45) is 0 Å². The maximum absolute atomic E-state index is 12.7. The molecule has 1 aromatic carbocycles. The number of nitrogens with one attached hydrogen (secondary N) is 2. The Labute approximate surface area is 155 Å². The van der Waals surface area contributed by atoms with Crippen LogP contribution in [0.2, 0.25) is 0 Å². The molecule has 10 heteroatoms. The molecule has 3 rings (SSSR count). The number of thioether (sulfide) groups is 1. The van der Waals surface area contributed by atoms with E-state index in [1.807, 2.05) is 17.5 Å². The predicted octanol–water partition coefficient (Wildman–Crippen LogP) is 4.67. The van der Waals surface area contributed by atoms with Crippen LogP contribution < -0.4 is 5.32 Å². The zero-order chi connectivity index (χ0) is 18.7. The van der Waals surface area contributed by atoms with Crippen LogP contribution in [0.5, 0.6) is 0 Å². The van der Waals surface area contributed by atoms with Gasteiger partial charge >= 0.3 is 6.18 Å². The standard InChI is InChI=1S/C16H13F3N4OS2/c1-9(26-15-21-13(22-23-15)12-6-3-7-25-12)14(24)20-11-5-2-4-10(8-11)16(17,18)19/h2-9H,1H3,(H,20,24)(H,21,22,23)/t9-/m1/s1. The molecule has 2 heterocycles. The molecule has 0 aliphatic heterocycles. The summed E-state index contributed by atoms with van der Waals surface area (Å²) in [6, 6.07) is 8.29. The zero-order valence-corrected chi connectivity index (χ0v) is 15.0. The molecule has 0 aliphatic carbocycles. The first-order valence-electron chi connectivity index (χ1n) is 7.44. The molecular formula is C16H13F3N4OS2. The Bertz CT molecular complexity index is 893. The van der Waals surface area contributed by atoms with Gasteiger partial charge in [0.2, 0.25) is 11.1 Å². The number of alkyl halides is 3. The van der Waals surface area contributed by atoms with Gasteiger partial charge in [-0.2, -0.15) is 13.2 Å². The summed E-state index contributed by atoms with van der Waals surface area (Å²) in [4.78, 5) is 17.5. The van der Waals surface area contributed by atoms with Gasteiger partial charge < -0.3 is 5.32 Å². The molecule has 2 N–H and O–H groups in total. The van der Waals surface area contributed by atoms with E-state index < -0.39 is 22.9 Å². The van der Waals surface area contributed by atoms with Crippen LogP contribution in [0.1, 0.15) is 12.5 Å². The number of carbonyl (C=O) groups excluding carboxylic acids is 1. The molecule has 1 atom stereocenters. The molecule has 0 radical (unpaired) electrons. The van der Waals surface area contributed by atoms with E-state index in [1.54, 1.807) is 6.92 Å². The summed E-state index contributed by atoms with van der Waals surface area (Å²) in [5.41, 5.74) is -0.725. The van der Waals surface area contributed by atoms with Gasteiger partial charge in [-0.25, -0.2) is 4.98 Å². The number of hydrogen-bond acceptors (Lipinski definition) is 5. The number of H-pyrrole nitrogens is 1. The Morgan fingerprint density at radius 3 is 2.81 bits per heavy atom. The molecule has 0 fully saturated rings. The molecular weight excluding hydrogens is 385 g/mol. The van der Waals surface area contributed by atoms with Crippen molar-refractivity contribution in [3.8, 4) is 10.7 Å². The lowest BCUT2D eigenvalue weighted by molar-refractivity contribution is -0.137. The lowest BCUT2D eigenvalue weighted by Crippen LogP contribution is -2.22. The number of halogens is 3. The van der Waals surface area contributed by atoms with E-state index in [0.29, 0.717) is 11.0 Å². The lowest BCUT2D eigenvalue weighted by Gasteiger charge is -2.12. The Balaban J connectivity index is 1.63. The SMILES string of the molecule is C[C@@H](Sc1n[nH]c(-c2cccs2)n1)C(=O)Nc1cccc(C(F)(F)F)c1. The lowest BCUT2D eigenvalue weighted by atomic mass is 10.2. The second kappa shape index (κ2) is 7.50. The van der Waals surface area contributed by atoms with Crippen molar-refractivity contribution >= 4 is 34.7 Å². The average molecular weight is 398 g/mol. The Morgan fingerprint density at radius 1 is 1.31 bits per heavy atom. The van der Waals surface area contributed by atoms with E-state index in [1.165, 1.54) is 23.5 Å². The van der Waals surface area contributed by atoms with E-state index in [2.05, 4.69) is 20.5 Å². The fourth-order valence-corrected chi connectivity index (χ4v) is 3.44. The van der Waals surface area contributed by atoms with Gasteiger partial charge in [0.15, 0.2) is 5.82 Å². The van der Waals surface area contributed by atoms with Crippen LogP contribution >= 0.6 is 23.1 Å². The summed E-state index contributed by atoms with van der Waals surface area (Å²) in [7, 11) is 0. The minimum Gasteiger partial charge on any atom is -0.325 e. The molecule has 5 nitrogen and oxygen atoms in total. The average Bonchev–Trinajstić information content (AvgIpc) is 3.25. The first-order valence-corrected chi connectivity index (χ1v) is 9.20. The van der Waals surface area contributed by atoms with Crippen LogP contribution in [-0.4, -0.2) is 26.3 Å². The largest absolute Gasteiger partial charge is 0.416 e. The highest BCUT2D eigenvalue weighted by atomic mass is 32.2. The van der Waals surface area contributed by atoms with Crippen molar-refractivity contribution in [3.63, 3.8) is 0 Å². The number of hydrogen-bond donors (Lipinski definition) is 2. The molecule has 0 bridgehead atoms. The summed E-state index contributed by atoms with van der Waals surface area (Å²) < 4.78 is 38.2. The topological polar surface area (TPSA) is 70.7 Å². The fourth-order valence-electron chi connectivity index (χ4n) is 2.05. The second-order valence-corrected chi connectivity index (χ2v) is 7.53. The summed E-state index contributed by atoms with van der Waals surface area (Å²) in [5.74, 6) is 0.171. The van der Waals surface area contributed by atoms with E-state index in [4.69, 9.17) is 0 Å². The second-order valence-electron chi connectivity index (χ2n) is 5.27. The fraction of sp³-hybridized carbons (Fsp3) is 0.188. The zero-order valence-electron chi connectivity index (χ0n) is 13.4. The van der Waals surface area contributed by atoms with Gasteiger partial charge in [0.25, 0.3) is 0 Å². The van der Waals surface area contributed by atoms with Crippen LogP contribution in [0.25, 0.3) is 10.7 Å². The number of aromatic nitrogens is 3. The van der Waals surface area contributed by atoms with Crippen molar-refractivity contribution in [1.82, 2.24) is 15.2 Å². The monoisotopic (exact) mass is 398 g/mol. The summed E-state index contributed by atoms with van der Waals surface area (Å²) >= 11 is 2.62.